The number of hydrogen-bond acceptors (Lipinski definition) is 2. The zero-order chi connectivity index (χ0) is 8.69. The zero-order valence-electron chi connectivity index (χ0n) is 6.95. The molecule has 2 N–H and O–H groups in total. The molecular weight excluding hydrogens is 140 g/mol. The highest BCUT2D eigenvalue weighted by Crippen LogP contribution is 2.05. The fourth-order valence-corrected chi connectivity index (χ4v) is 0.834. The van der Waals surface area contributed by atoms with Crippen molar-refractivity contribution in [1.82, 2.24) is 0 Å². The lowest BCUT2D eigenvalue weighted by Gasteiger charge is -2.07. The summed E-state index contributed by atoms with van der Waals surface area (Å²) < 4.78 is 0. The Balaban J connectivity index is 3.21. The molecule has 0 bridgehead atoms. The van der Waals surface area contributed by atoms with Gasteiger partial charge in [-0.1, -0.05) is 12.8 Å². The van der Waals surface area contributed by atoms with Crippen molar-refractivity contribution in [2.24, 2.45) is 0 Å². The molecule has 0 aromatic heterocycles. The smallest absolute Gasteiger partial charge is 0.114 e. The van der Waals surface area contributed by atoms with Gasteiger partial charge in [-0.15, -0.1) is 6.42 Å². The Kier molecular flexibility index (Phi) is 5.91. The van der Waals surface area contributed by atoms with E-state index in [9.17, 15) is 0 Å². The second kappa shape index (κ2) is 6.21. The first-order valence-corrected chi connectivity index (χ1v) is 4.03. The second-order valence-corrected chi connectivity index (χ2v) is 2.68. The Morgan fingerprint density at radius 3 is 2.45 bits per heavy atom. The topological polar surface area (TPSA) is 40.5 Å². The molecule has 2 heteroatoms. The number of rotatable bonds is 5. The van der Waals surface area contributed by atoms with Crippen molar-refractivity contribution in [3.63, 3.8) is 0 Å². The maximum Gasteiger partial charge on any atom is 0.114 e. The molecule has 0 rings (SSSR count). The Morgan fingerprint density at radius 1 is 1.36 bits per heavy atom. The Bertz CT molecular complexity index is 126. The van der Waals surface area contributed by atoms with Gasteiger partial charge >= 0.3 is 0 Å². The van der Waals surface area contributed by atoms with Gasteiger partial charge in [-0.25, -0.2) is 0 Å². The minimum Gasteiger partial charge on any atom is -0.393 e. The Morgan fingerprint density at radius 2 is 2.00 bits per heavy atom. The van der Waals surface area contributed by atoms with E-state index in [1.54, 1.807) is 0 Å². The van der Waals surface area contributed by atoms with Crippen molar-refractivity contribution >= 4 is 0 Å². The monoisotopic (exact) mass is 156 g/mol. The van der Waals surface area contributed by atoms with Crippen LogP contribution < -0.4 is 0 Å². The van der Waals surface area contributed by atoms with Crippen LogP contribution in [0.5, 0.6) is 0 Å². The van der Waals surface area contributed by atoms with Gasteiger partial charge in [0.2, 0.25) is 0 Å². The molecule has 2 atom stereocenters. The summed E-state index contributed by atoms with van der Waals surface area (Å²) in [7, 11) is 0. The third-order valence-corrected chi connectivity index (χ3v) is 1.68. The largest absolute Gasteiger partial charge is 0.393 e. The predicted octanol–water partition coefficient (Wildman–Crippen LogP) is 0.922. The van der Waals surface area contributed by atoms with E-state index in [1.807, 2.05) is 6.92 Å². The van der Waals surface area contributed by atoms with Gasteiger partial charge in [-0.2, -0.15) is 0 Å². The van der Waals surface area contributed by atoms with Gasteiger partial charge in [0.25, 0.3) is 0 Å². The summed E-state index contributed by atoms with van der Waals surface area (Å²) in [4.78, 5) is 0. The van der Waals surface area contributed by atoms with Crippen molar-refractivity contribution in [1.29, 1.82) is 0 Å². The van der Waals surface area contributed by atoms with Crippen molar-refractivity contribution in [3.05, 3.63) is 0 Å². The van der Waals surface area contributed by atoms with E-state index in [0.717, 1.165) is 19.3 Å². The van der Waals surface area contributed by atoms with Crippen molar-refractivity contribution in [3.8, 4) is 12.3 Å². The molecule has 2 nitrogen and oxygen atoms in total. The van der Waals surface area contributed by atoms with E-state index in [1.165, 1.54) is 0 Å². The van der Waals surface area contributed by atoms with Crippen LogP contribution in [0.3, 0.4) is 0 Å². The van der Waals surface area contributed by atoms with Crippen LogP contribution in [0.15, 0.2) is 0 Å². The van der Waals surface area contributed by atoms with Crippen LogP contribution in [-0.2, 0) is 0 Å². The maximum atomic E-state index is 9.11. The number of aliphatic hydroxyl groups excluding tert-OH is 2. The summed E-state index contributed by atoms with van der Waals surface area (Å²) >= 11 is 0. The average Bonchev–Trinajstić information content (AvgIpc) is 2.04. The minimum atomic E-state index is -0.640. The highest BCUT2D eigenvalue weighted by molar-refractivity contribution is 4.92. The molecule has 0 amide bonds. The van der Waals surface area contributed by atoms with Crippen molar-refractivity contribution < 1.29 is 10.2 Å². The molecule has 2 unspecified atom stereocenters. The third-order valence-electron chi connectivity index (χ3n) is 1.68. The molecule has 11 heavy (non-hydrogen) atoms. The summed E-state index contributed by atoms with van der Waals surface area (Å²) in [6, 6.07) is 0. The molecule has 0 spiro atoms. The SMILES string of the molecule is C#CC(O)CCCC(O)CC. The average molecular weight is 156 g/mol. The second-order valence-electron chi connectivity index (χ2n) is 2.68. The molecule has 0 aliphatic rings. The summed E-state index contributed by atoms with van der Waals surface area (Å²) in [5.41, 5.74) is 0. The number of aliphatic hydroxyl groups is 2. The molecule has 0 heterocycles. The van der Waals surface area contributed by atoms with Gasteiger partial charge in [0.15, 0.2) is 0 Å². The van der Waals surface area contributed by atoms with Crippen LogP contribution in [0, 0.1) is 12.3 Å². The van der Waals surface area contributed by atoms with Gasteiger partial charge in [0, 0.05) is 0 Å². The molecule has 0 aromatic carbocycles. The van der Waals surface area contributed by atoms with Gasteiger partial charge in [0.1, 0.15) is 6.10 Å². The third kappa shape index (κ3) is 5.90. The zero-order valence-corrected chi connectivity index (χ0v) is 6.95. The fourth-order valence-electron chi connectivity index (χ4n) is 0.834. The van der Waals surface area contributed by atoms with E-state index in [0.29, 0.717) is 6.42 Å². The van der Waals surface area contributed by atoms with Crippen LogP contribution in [0.2, 0.25) is 0 Å². The first-order chi connectivity index (χ1) is 5.20. The van der Waals surface area contributed by atoms with Crippen molar-refractivity contribution in [2.75, 3.05) is 0 Å². The summed E-state index contributed by atoms with van der Waals surface area (Å²) in [6.07, 6.45) is 6.97. The van der Waals surface area contributed by atoms with Gasteiger partial charge in [0.05, 0.1) is 6.10 Å². The number of terminal acetylenes is 1. The Labute approximate surface area is 68.2 Å². The Hall–Kier alpha value is -0.520. The summed E-state index contributed by atoms with van der Waals surface area (Å²) in [5, 5.41) is 18.0. The first-order valence-electron chi connectivity index (χ1n) is 4.03. The van der Waals surface area contributed by atoms with E-state index in [2.05, 4.69) is 5.92 Å². The maximum absolute atomic E-state index is 9.11. The van der Waals surface area contributed by atoms with Crippen LogP contribution in [0.4, 0.5) is 0 Å². The number of hydrogen-bond donors (Lipinski definition) is 2. The lowest BCUT2D eigenvalue weighted by Crippen LogP contribution is -2.07. The summed E-state index contributed by atoms with van der Waals surface area (Å²) in [5.74, 6) is 2.23. The lowest BCUT2D eigenvalue weighted by molar-refractivity contribution is 0.147. The van der Waals surface area contributed by atoms with E-state index >= 15 is 0 Å². The summed E-state index contributed by atoms with van der Waals surface area (Å²) in [6.45, 7) is 1.93. The molecule has 0 radical (unpaired) electrons. The van der Waals surface area contributed by atoms with E-state index in [4.69, 9.17) is 16.6 Å². The lowest BCUT2D eigenvalue weighted by atomic mass is 10.1. The predicted molar refractivity (Wildman–Crippen MR) is 45.0 cm³/mol. The molecular formula is C9H16O2. The van der Waals surface area contributed by atoms with Crippen molar-refractivity contribution in [2.45, 2.75) is 44.8 Å². The van der Waals surface area contributed by atoms with Gasteiger partial charge < -0.3 is 10.2 Å². The van der Waals surface area contributed by atoms with Crippen LogP contribution in [-0.4, -0.2) is 22.4 Å². The standard InChI is InChI=1S/C9H16O2/c1-3-8(10)6-5-7-9(11)4-2/h1,8-11H,4-7H2,2H3. The fraction of sp³-hybridized carbons (Fsp3) is 0.778. The molecule has 0 aromatic rings. The van der Waals surface area contributed by atoms with E-state index < -0.39 is 6.10 Å². The molecule has 0 aliphatic heterocycles. The first kappa shape index (κ1) is 10.5. The molecule has 64 valence electrons. The molecule has 0 fully saturated rings. The van der Waals surface area contributed by atoms with Gasteiger partial charge in [-0.05, 0) is 25.7 Å². The molecule has 0 aliphatic carbocycles. The van der Waals surface area contributed by atoms with E-state index in [-0.39, 0.29) is 6.10 Å². The van der Waals surface area contributed by atoms with Gasteiger partial charge in [-0.3, -0.25) is 0 Å². The van der Waals surface area contributed by atoms with Crippen LogP contribution >= 0.6 is 0 Å². The normalized spacial score (nSPS) is 15.5. The molecule has 0 saturated carbocycles. The van der Waals surface area contributed by atoms with Crippen LogP contribution in [0.25, 0.3) is 0 Å². The molecule has 0 saturated heterocycles. The highest BCUT2D eigenvalue weighted by Gasteiger charge is 2.02. The van der Waals surface area contributed by atoms with Crippen LogP contribution in [0.1, 0.15) is 32.6 Å². The minimum absolute atomic E-state index is 0.236. The highest BCUT2D eigenvalue weighted by atomic mass is 16.3. The quantitative estimate of drug-likeness (QED) is 0.581.